The fraction of sp³-hybridized carbons (Fsp3) is 0.429. The monoisotopic (exact) mass is 246 g/mol. The minimum absolute atomic E-state index is 0.191. The van der Waals surface area contributed by atoms with Gasteiger partial charge in [0, 0.05) is 31.0 Å². The first-order chi connectivity index (χ1) is 8.74. The third-order valence-electron chi connectivity index (χ3n) is 3.41. The summed E-state index contributed by atoms with van der Waals surface area (Å²) in [5, 5.41) is 0. The van der Waals surface area contributed by atoms with Crippen molar-refractivity contribution in [2.24, 2.45) is 0 Å². The van der Waals surface area contributed by atoms with E-state index in [2.05, 4.69) is 11.6 Å². The summed E-state index contributed by atoms with van der Waals surface area (Å²) >= 11 is 0. The summed E-state index contributed by atoms with van der Waals surface area (Å²) in [6.07, 6.45) is 9.07. The van der Waals surface area contributed by atoms with Gasteiger partial charge in [0.25, 0.3) is 5.91 Å². The van der Waals surface area contributed by atoms with E-state index in [-0.39, 0.29) is 22.9 Å². The van der Waals surface area contributed by atoms with Crippen molar-refractivity contribution in [2.75, 3.05) is 6.54 Å². The minimum atomic E-state index is -0.231. The van der Waals surface area contributed by atoms with Crippen LogP contribution in [0.15, 0.2) is 35.9 Å². The van der Waals surface area contributed by atoms with Crippen LogP contribution in [0.2, 0.25) is 0 Å². The summed E-state index contributed by atoms with van der Waals surface area (Å²) in [7, 11) is 0. The summed E-state index contributed by atoms with van der Waals surface area (Å²) < 4.78 is 0. The molecule has 0 atom stereocenters. The fourth-order valence-corrected chi connectivity index (χ4v) is 2.49. The van der Waals surface area contributed by atoms with Crippen molar-refractivity contribution in [3.05, 3.63) is 46.9 Å². The second kappa shape index (κ2) is 5.67. The van der Waals surface area contributed by atoms with Crippen LogP contribution in [0.1, 0.15) is 36.0 Å². The lowest BCUT2D eigenvalue weighted by Gasteiger charge is -2.27. The highest BCUT2D eigenvalue weighted by molar-refractivity contribution is 5.94. The molecule has 1 saturated carbocycles. The van der Waals surface area contributed by atoms with Crippen LogP contribution >= 0.6 is 0 Å². The van der Waals surface area contributed by atoms with E-state index in [0.717, 1.165) is 25.7 Å². The largest absolute Gasteiger partial charge is 0.367 e. The Bertz CT molecular complexity index is 487. The van der Waals surface area contributed by atoms with Crippen LogP contribution < -0.4 is 5.43 Å². The lowest BCUT2D eigenvalue weighted by Crippen LogP contribution is -2.40. The summed E-state index contributed by atoms with van der Waals surface area (Å²) in [6, 6.07) is 1.63. The predicted octanol–water partition coefficient (Wildman–Crippen LogP) is 1.95. The molecule has 4 nitrogen and oxygen atoms in total. The van der Waals surface area contributed by atoms with Gasteiger partial charge in [-0.25, -0.2) is 0 Å². The highest BCUT2D eigenvalue weighted by Crippen LogP contribution is 2.24. The first kappa shape index (κ1) is 12.6. The number of nitrogens with zero attached hydrogens (tertiary/aromatic N) is 1. The second-order valence-corrected chi connectivity index (χ2v) is 4.61. The minimum Gasteiger partial charge on any atom is -0.367 e. The molecule has 0 radical (unpaired) electrons. The van der Waals surface area contributed by atoms with Gasteiger partial charge in [0.2, 0.25) is 0 Å². The van der Waals surface area contributed by atoms with Crippen LogP contribution in [0.4, 0.5) is 0 Å². The van der Waals surface area contributed by atoms with Gasteiger partial charge in [-0.2, -0.15) is 0 Å². The molecule has 1 aromatic heterocycles. The van der Waals surface area contributed by atoms with E-state index in [1.165, 1.54) is 18.5 Å². The number of aromatic amines is 1. The van der Waals surface area contributed by atoms with E-state index in [1.807, 2.05) is 0 Å². The van der Waals surface area contributed by atoms with Crippen molar-refractivity contribution in [1.82, 2.24) is 9.88 Å². The molecule has 0 aliphatic heterocycles. The molecule has 1 amide bonds. The third kappa shape index (κ3) is 2.53. The fourth-order valence-electron chi connectivity index (χ4n) is 2.49. The molecule has 0 unspecified atom stereocenters. The van der Waals surface area contributed by atoms with Gasteiger partial charge >= 0.3 is 0 Å². The number of pyridine rings is 1. The lowest BCUT2D eigenvalue weighted by molar-refractivity contribution is 0.0705. The van der Waals surface area contributed by atoms with E-state index >= 15 is 0 Å². The summed E-state index contributed by atoms with van der Waals surface area (Å²) in [5.74, 6) is -0.191. The van der Waals surface area contributed by atoms with Crippen molar-refractivity contribution in [3.8, 4) is 0 Å². The SMILES string of the molecule is C=CCN(C(=O)c1c[nH]ccc1=O)C1CCCC1. The first-order valence-electron chi connectivity index (χ1n) is 6.33. The van der Waals surface area contributed by atoms with Crippen LogP contribution in [0, 0.1) is 0 Å². The Hall–Kier alpha value is -1.84. The number of aromatic nitrogens is 1. The maximum atomic E-state index is 12.4. The number of hydrogen-bond donors (Lipinski definition) is 1. The summed E-state index contributed by atoms with van der Waals surface area (Å²) in [5.41, 5.74) is -0.0166. The molecule has 1 fully saturated rings. The van der Waals surface area contributed by atoms with E-state index < -0.39 is 0 Å². The van der Waals surface area contributed by atoms with E-state index in [1.54, 1.807) is 11.0 Å². The molecule has 0 spiro atoms. The maximum absolute atomic E-state index is 12.4. The van der Waals surface area contributed by atoms with Crippen LogP contribution in [0.3, 0.4) is 0 Å². The molecule has 18 heavy (non-hydrogen) atoms. The molecular weight excluding hydrogens is 228 g/mol. The zero-order chi connectivity index (χ0) is 13.0. The van der Waals surface area contributed by atoms with Crippen molar-refractivity contribution in [3.63, 3.8) is 0 Å². The van der Waals surface area contributed by atoms with E-state index in [4.69, 9.17) is 0 Å². The highest BCUT2D eigenvalue weighted by Gasteiger charge is 2.27. The molecule has 1 aromatic rings. The Morgan fingerprint density at radius 2 is 2.22 bits per heavy atom. The molecule has 1 N–H and O–H groups in total. The van der Waals surface area contributed by atoms with Crippen molar-refractivity contribution < 1.29 is 4.79 Å². The van der Waals surface area contributed by atoms with Crippen LogP contribution in [0.25, 0.3) is 0 Å². The third-order valence-corrected chi connectivity index (χ3v) is 3.41. The maximum Gasteiger partial charge on any atom is 0.259 e. The average Bonchev–Trinajstić information content (AvgIpc) is 2.89. The molecule has 0 saturated heterocycles. The Kier molecular flexibility index (Phi) is 3.97. The number of hydrogen-bond acceptors (Lipinski definition) is 2. The van der Waals surface area contributed by atoms with E-state index in [9.17, 15) is 9.59 Å². The predicted molar refractivity (Wildman–Crippen MR) is 70.6 cm³/mol. The molecule has 96 valence electrons. The van der Waals surface area contributed by atoms with Crippen molar-refractivity contribution in [2.45, 2.75) is 31.7 Å². The molecule has 0 aromatic carbocycles. The molecule has 1 heterocycles. The van der Waals surface area contributed by atoms with Gasteiger partial charge in [-0.1, -0.05) is 18.9 Å². The van der Waals surface area contributed by atoms with Gasteiger partial charge in [0.15, 0.2) is 5.43 Å². The average molecular weight is 246 g/mol. The van der Waals surface area contributed by atoms with Gasteiger partial charge in [-0.3, -0.25) is 9.59 Å². The van der Waals surface area contributed by atoms with Gasteiger partial charge in [-0.05, 0) is 12.8 Å². The van der Waals surface area contributed by atoms with E-state index in [0.29, 0.717) is 6.54 Å². The molecule has 4 heteroatoms. The van der Waals surface area contributed by atoms with Crippen LogP contribution in [-0.2, 0) is 0 Å². The summed E-state index contributed by atoms with van der Waals surface area (Å²) in [4.78, 5) is 28.7. The number of H-pyrrole nitrogens is 1. The summed E-state index contributed by atoms with van der Waals surface area (Å²) in [6.45, 7) is 4.19. The smallest absolute Gasteiger partial charge is 0.259 e. The Morgan fingerprint density at radius 1 is 1.50 bits per heavy atom. The normalized spacial score (nSPS) is 15.6. The molecule has 1 aliphatic rings. The highest BCUT2D eigenvalue weighted by atomic mass is 16.2. The second-order valence-electron chi connectivity index (χ2n) is 4.61. The zero-order valence-electron chi connectivity index (χ0n) is 10.4. The quantitative estimate of drug-likeness (QED) is 0.825. The standard InChI is InChI=1S/C14H18N2O2/c1-2-9-16(11-5-3-4-6-11)14(18)12-10-15-8-7-13(12)17/h2,7-8,10-11H,1,3-6,9H2,(H,15,17). The molecule has 2 rings (SSSR count). The zero-order valence-corrected chi connectivity index (χ0v) is 10.4. The Morgan fingerprint density at radius 3 is 2.83 bits per heavy atom. The molecule has 0 bridgehead atoms. The van der Waals surface area contributed by atoms with Gasteiger partial charge < -0.3 is 9.88 Å². The molecule has 1 aliphatic carbocycles. The van der Waals surface area contributed by atoms with Gasteiger partial charge in [-0.15, -0.1) is 6.58 Å². The molecular formula is C14H18N2O2. The number of nitrogens with one attached hydrogen (secondary N) is 1. The van der Waals surface area contributed by atoms with Crippen molar-refractivity contribution in [1.29, 1.82) is 0 Å². The topological polar surface area (TPSA) is 53.2 Å². The van der Waals surface area contributed by atoms with Gasteiger partial charge in [0.1, 0.15) is 5.56 Å². The number of carbonyl (C=O) groups excluding carboxylic acids is 1. The Balaban J connectivity index is 2.25. The Labute approximate surface area is 106 Å². The van der Waals surface area contributed by atoms with Crippen LogP contribution in [0.5, 0.6) is 0 Å². The van der Waals surface area contributed by atoms with Gasteiger partial charge in [0.05, 0.1) is 0 Å². The number of carbonyl (C=O) groups is 1. The number of amides is 1. The lowest BCUT2D eigenvalue weighted by atomic mass is 10.1. The first-order valence-corrected chi connectivity index (χ1v) is 6.33. The van der Waals surface area contributed by atoms with Crippen LogP contribution in [-0.4, -0.2) is 28.4 Å². The van der Waals surface area contributed by atoms with Crippen molar-refractivity contribution >= 4 is 5.91 Å². The number of rotatable bonds is 4.